The summed E-state index contributed by atoms with van der Waals surface area (Å²) in [6.45, 7) is 0. The lowest BCUT2D eigenvalue weighted by Crippen LogP contribution is -2.05. The molecule has 100 valence electrons. The summed E-state index contributed by atoms with van der Waals surface area (Å²) in [5.74, 6) is 0.125. The number of hydrogen-bond donors (Lipinski definition) is 3. The molecule has 0 aliphatic heterocycles. The van der Waals surface area contributed by atoms with Crippen molar-refractivity contribution >= 4 is 47.3 Å². The summed E-state index contributed by atoms with van der Waals surface area (Å²) in [5, 5.41) is 0.782. The number of nitrogen functional groups attached to an aromatic ring is 3. The lowest BCUT2D eigenvalue weighted by atomic mass is 10.2. The molecule has 0 atom stereocenters. The largest absolute Gasteiger partial charge is 0.368 e. The Labute approximate surface area is 118 Å². The van der Waals surface area contributed by atoms with Gasteiger partial charge in [-0.25, -0.2) is 0 Å². The van der Waals surface area contributed by atoms with Crippen LogP contribution in [-0.4, -0.2) is 21.2 Å². The number of rotatable bonds is 1. The van der Waals surface area contributed by atoms with E-state index in [1.807, 2.05) is 0 Å². The van der Waals surface area contributed by atoms with E-state index >= 15 is 0 Å². The molecule has 2 aromatic rings. The fourth-order valence-corrected chi connectivity index (χ4v) is 1.54. The van der Waals surface area contributed by atoms with E-state index < -0.39 is 0 Å². The van der Waals surface area contributed by atoms with Crippen molar-refractivity contribution in [3.05, 3.63) is 33.8 Å². The van der Waals surface area contributed by atoms with E-state index in [2.05, 4.69) is 15.0 Å². The van der Waals surface area contributed by atoms with E-state index in [0.717, 1.165) is 0 Å². The molecule has 1 heterocycles. The molecule has 0 unspecified atom stereocenters. The van der Waals surface area contributed by atoms with Gasteiger partial charge in [0.2, 0.25) is 17.8 Å². The van der Waals surface area contributed by atoms with E-state index in [4.69, 9.17) is 40.4 Å². The van der Waals surface area contributed by atoms with Crippen LogP contribution in [0.4, 0.5) is 17.8 Å². The summed E-state index contributed by atoms with van der Waals surface area (Å²) < 4.78 is 0. The minimum absolute atomic E-state index is 0.0417. The van der Waals surface area contributed by atoms with Gasteiger partial charge < -0.3 is 17.2 Å². The number of carbonyl (C=O) groups is 1. The second kappa shape index (κ2) is 6.72. The predicted octanol–water partition coefficient (Wildman–Crippen LogP) is 1.42. The van der Waals surface area contributed by atoms with Crippen LogP contribution in [0.3, 0.4) is 0 Å². The first kappa shape index (κ1) is 14.9. The highest BCUT2D eigenvalue weighted by atomic mass is 35.5. The van der Waals surface area contributed by atoms with Crippen molar-refractivity contribution < 1.29 is 4.79 Å². The normalized spacial score (nSPS) is 9.37. The number of aldehydes is 1. The SMILES string of the molecule is Nc1nc(N)nc(N)n1.O=Cc1c(Cl)cccc1Cl. The Morgan fingerprint density at radius 1 is 0.895 bits per heavy atom. The monoisotopic (exact) mass is 300 g/mol. The number of benzene rings is 1. The average molecular weight is 301 g/mol. The number of anilines is 3. The molecule has 0 bridgehead atoms. The van der Waals surface area contributed by atoms with Gasteiger partial charge in [-0.05, 0) is 12.1 Å². The van der Waals surface area contributed by atoms with Crippen LogP contribution in [0.5, 0.6) is 0 Å². The fourth-order valence-electron chi connectivity index (χ4n) is 1.05. The van der Waals surface area contributed by atoms with Crippen LogP contribution >= 0.6 is 23.2 Å². The molecular formula is C10H10Cl2N6O. The summed E-state index contributed by atoms with van der Waals surface area (Å²) in [5.41, 5.74) is 15.8. The van der Waals surface area contributed by atoms with Crippen LogP contribution in [-0.2, 0) is 0 Å². The van der Waals surface area contributed by atoms with Gasteiger partial charge in [0, 0.05) is 0 Å². The number of nitrogens with two attached hydrogens (primary N) is 3. The molecule has 0 aliphatic rings. The number of aromatic nitrogens is 3. The van der Waals surface area contributed by atoms with Crippen LogP contribution in [0.15, 0.2) is 18.2 Å². The number of halogens is 2. The van der Waals surface area contributed by atoms with Crippen LogP contribution < -0.4 is 17.2 Å². The Morgan fingerprint density at radius 2 is 1.26 bits per heavy atom. The highest BCUT2D eigenvalue weighted by molar-refractivity contribution is 6.38. The minimum Gasteiger partial charge on any atom is -0.368 e. The lowest BCUT2D eigenvalue weighted by molar-refractivity contribution is 0.112. The van der Waals surface area contributed by atoms with Crippen LogP contribution in [0.2, 0.25) is 10.0 Å². The van der Waals surface area contributed by atoms with Crippen molar-refractivity contribution in [1.82, 2.24) is 15.0 Å². The third-order valence-corrected chi connectivity index (χ3v) is 2.46. The molecule has 0 fully saturated rings. The van der Waals surface area contributed by atoms with Crippen LogP contribution in [0, 0.1) is 0 Å². The maximum atomic E-state index is 10.3. The molecule has 0 aliphatic carbocycles. The van der Waals surface area contributed by atoms with Gasteiger partial charge >= 0.3 is 0 Å². The Morgan fingerprint density at radius 3 is 1.53 bits per heavy atom. The molecule has 6 N–H and O–H groups in total. The zero-order valence-electron chi connectivity index (χ0n) is 9.55. The second-order valence-electron chi connectivity index (χ2n) is 3.16. The first-order valence-corrected chi connectivity index (χ1v) is 5.61. The van der Waals surface area contributed by atoms with Crippen molar-refractivity contribution in [2.24, 2.45) is 0 Å². The summed E-state index contributed by atoms with van der Waals surface area (Å²) in [7, 11) is 0. The zero-order valence-corrected chi connectivity index (χ0v) is 11.1. The molecule has 1 aromatic carbocycles. The minimum atomic E-state index is 0.0417. The third-order valence-electron chi connectivity index (χ3n) is 1.80. The molecule has 0 amide bonds. The average Bonchev–Trinajstić information content (AvgIpc) is 2.28. The molecule has 19 heavy (non-hydrogen) atoms. The maximum Gasteiger partial charge on any atom is 0.226 e. The summed E-state index contributed by atoms with van der Waals surface area (Å²) in [6, 6.07) is 4.94. The summed E-state index contributed by atoms with van der Waals surface area (Å²) in [4.78, 5) is 20.7. The summed E-state index contributed by atoms with van der Waals surface area (Å²) >= 11 is 11.2. The standard InChI is InChI=1S/C7H4Cl2O.C3H6N6/c8-6-2-1-3-7(9)5(6)4-10;4-1-7-2(5)9-3(6)8-1/h1-4H;(H6,4,5,6,7,8,9). The molecule has 2 rings (SSSR count). The van der Waals surface area contributed by atoms with Gasteiger partial charge in [-0.1, -0.05) is 29.3 Å². The Bertz CT molecular complexity index is 521. The van der Waals surface area contributed by atoms with Gasteiger partial charge in [0.1, 0.15) is 0 Å². The first-order valence-electron chi connectivity index (χ1n) is 4.85. The third kappa shape index (κ3) is 4.57. The number of hydrogen-bond acceptors (Lipinski definition) is 7. The van der Waals surface area contributed by atoms with E-state index in [1.165, 1.54) is 0 Å². The van der Waals surface area contributed by atoms with Crippen molar-refractivity contribution in [3.8, 4) is 0 Å². The highest BCUT2D eigenvalue weighted by Crippen LogP contribution is 2.21. The van der Waals surface area contributed by atoms with E-state index in [-0.39, 0.29) is 17.8 Å². The molecule has 1 aromatic heterocycles. The van der Waals surface area contributed by atoms with Crippen LogP contribution in [0.25, 0.3) is 0 Å². The van der Waals surface area contributed by atoms with Gasteiger partial charge in [-0.15, -0.1) is 0 Å². The highest BCUT2D eigenvalue weighted by Gasteiger charge is 2.01. The van der Waals surface area contributed by atoms with Gasteiger partial charge in [0.05, 0.1) is 15.6 Å². The molecule has 0 saturated heterocycles. The Kier molecular flexibility index (Phi) is 5.28. The first-order chi connectivity index (χ1) is 8.93. The molecule has 0 radical (unpaired) electrons. The van der Waals surface area contributed by atoms with Gasteiger partial charge in [0.15, 0.2) is 6.29 Å². The Balaban J connectivity index is 0.000000191. The van der Waals surface area contributed by atoms with Gasteiger partial charge in [-0.3, -0.25) is 4.79 Å². The maximum absolute atomic E-state index is 10.3. The van der Waals surface area contributed by atoms with E-state index in [0.29, 0.717) is 21.9 Å². The van der Waals surface area contributed by atoms with E-state index in [1.54, 1.807) is 18.2 Å². The van der Waals surface area contributed by atoms with Gasteiger partial charge in [-0.2, -0.15) is 15.0 Å². The predicted molar refractivity (Wildman–Crippen MR) is 74.9 cm³/mol. The fraction of sp³-hybridized carbons (Fsp3) is 0. The quantitative estimate of drug-likeness (QED) is 0.678. The molecular weight excluding hydrogens is 291 g/mol. The second-order valence-corrected chi connectivity index (χ2v) is 3.98. The molecule has 0 spiro atoms. The number of nitrogens with zero attached hydrogens (tertiary/aromatic N) is 3. The Hall–Kier alpha value is -2.12. The summed E-state index contributed by atoms with van der Waals surface area (Å²) in [6.07, 6.45) is 0.644. The van der Waals surface area contributed by atoms with Gasteiger partial charge in [0.25, 0.3) is 0 Å². The number of carbonyl (C=O) groups excluding carboxylic acids is 1. The van der Waals surface area contributed by atoms with Crippen molar-refractivity contribution in [3.63, 3.8) is 0 Å². The van der Waals surface area contributed by atoms with Crippen LogP contribution in [0.1, 0.15) is 10.4 Å². The zero-order chi connectivity index (χ0) is 14.4. The molecule has 7 nitrogen and oxygen atoms in total. The topological polar surface area (TPSA) is 134 Å². The smallest absolute Gasteiger partial charge is 0.226 e. The van der Waals surface area contributed by atoms with Crippen molar-refractivity contribution in [2.45, 2.75) is 0 Å². The van der Waals surface area contributed by atoms with E-state index in [9.17, 15) is 4.79 Å². The molecule has 0 saturated carbocycles. The lowest BCUT2D eigenvalue weighted by Gasteiger charge is -1.95. The van der Waals surface area contributed by atoms with Crippen molar-refractivity contribution in [2.75, 3.05) is 17.2 Å². The van der Waals surface area contributed by atoms with Crippen molar-refractivity contribution in [1.29, 1.82) is 0 Å². The molecule has 9 heteroatoms.